The van der Waals surface area contributed by atoms with E-state index < -0.39 is 0 Å². The number of hydrogen-bond acceptors (Lipinski definition) is 1. The molecule has 0 bridgehead atoms. The summed E-state index contributed by atoms with van der Waals surface area (Å²) in [5, 5.41) is 0. The Morgan fingerprint density at radius 1 is 0.424 bits per heavy atom. The third-order valence-corrected chi connectivity index (χ3v) is 6.05. The number of rotatable bonds is 4. The highest BCUT2D eigenvalue weighted by atomic mass is 16.5. The maximum Gasteiger partial charge on any atom is 0.0907 e. The first-order valence-corrected chi connectivity index (χ1v) is 12.2. The van der Waals surface area contributed by atoms with E-state index >= 15 is 0 Å². The van der Waals surface area contributed by atoms with Crippen molar-refractivity contribution in [1.82, 2.24) is 0 Å². The summed E-state index contributed by atoms with van der Waals surface area (Å²) in [6.07, 6.45) is 7.67. The van der Waals surface area contributed by atoms with Gasteiger partial charge >= 0.3 is 0 Å². The molecule has 2 aromatic carbocycles. The van der Waals surface area contributed by atoms with Crippen LogP contribution < -0.4 is 0 Å². The van der Waals surface area contributed by atoms with Crippen LogP contribution in [-0.2, 0) is 26.4 Å². The lowest BCUT2D eigenvalue weighted by Gasteiger charge is -2.25. The highest BCUT2D eigenvalue weighted by Crippen LogP contribution is 2.32. The van der Waals surface area contributed by atoms with Crippen LogP contribution in [0.15, 0.2) is 48.9 Å². The molecule has 0 aliphatic heterocycles. The second kappa shape index (κ2) is 9.53. The van der Waals surface area contributed by atoms with Gasteiger partial charge in [0.1, 0.15) is 0 Å². The second-order valence-electron chi connectivity index (χ2n) is 13.4. The van der Waals surface area contributed by atoms with Crippen molar-refractivity contribution < 1.29 is 4.74 Å². The molecular weight excluding hydrogens is 400 g/mol. The van der Waals surface area contributed by atoms with E-state index in [0.29, 0.717) is 0 Å². The highest BCUT2D eigenvalue weighted by molar-refractivity contribution is 5.55. The monoisotopic (exact) mass is 446 g/mol. The molecule has 33 heavy (non-hydrogen) atoms. The first-order chi connectivity index (χ1) is 14.9. The molecule has 0 radical (unpaired) electrons. The minimum absolute atomic E-state index is 0.105. The Bertz CT molecular complexity index is 858. The Kier molecular flexibility index (Phi) is 7.79. The van der Waals surface area contributed by atoms with Gasteiger partial charge in [0.15, 0.2) is 0 Å². The molecule has 2 rings (SSSR count). The summed E-state index contributed by atoms with van der Waals surface area (Å²) in [4.78, 5) is 0. The number of ether oxygens (including phenoxy) is 1. The zero-order valence-corrected chi connectivity index (χ0v) is 23.2. The molecule has 180 valence electrons. The maximum atomic E-state index is 5.78. The van der Waals surface area contributed by atoms with Crippen molar-refractivity contribution in [2.45, 2.75) is 105 Å². The molecule has 0 fully saturated rings. The van der Waals surface area contributed by atoms with Gasteiger partial charge in [0.05, 0.1) is 12.5 Å². The molecule has 0 aliphatic rings. The largest absolute Gasteiger partial charge is 0.473 e. The second-order valence-corrected chi connectivity index (χ2v) is 13.4. The summed E-state index contributed by atoms with van der Waals surface area (Å²) in [5.41, 5.74) is 8.15. The average molecular weight is 447 g/mol. The Morgan fingerprint density at radius 3 is 0.879 bits per heavy atom. The predicted molar refractivity (Wildman–Crippen MR) is 147 cm³/mol. The Hall–Kier alpha value is -2.28. The van der Waals surface area contributed by atoms with E-state index in [-0.39, 0.29) is 21.7 Å². The molecule has 0 unspecified atom stereocenters. The smallest absolute Gasteiger partial charge is 0.0907 e. The van der Waals surface area contributed by atoms with Crippen molar-refractivity contribution in [3.05, 3.63) is 82.3 Å². The minimum atomic E-state index is 0.105. The fraction of sp³-hybridized carbons (Fsp3) is 0.500. The Balaban J connectivity index is 2.27. The van der Waals surface area contributed by atoms with E-state index in [1.165, 1.54) is 33.4 Å². The van der Waals surface area contributed by atoms with E-state index in [1.807, 2.05) is 0 Å². The van der Waals surface area contributed by atoms with Gasteiger partial charge in [-0.25, -0.2) is 0 Å². The van der Waals surface area contributed by atoms with Gasteiger partial charge in [0, 0.05) is 0 Å². The molecule has 0 aromatic heterocycles. The van der Waals surface area contributed by atoms with Crippen molar-refractivity contribution in [3.63, 3.8) is 0 Å². The van der Waals surface area contributed by atoms with Crippen LogP contribution in [0.3, 0.4) is 0 Å². The molecule has 0 heterocycles. The van der Waals surface area contributed by atoms with Crippen LogP contribution in [0.2, 0.25) is 0 Å². The minimum Gasteiger partial charge on any atom is -0.473 e. The molecule has 0 amide bonds. The molecule has 0 saturated carbocycles. The van der Waals surface area contributed by atoms with Gasteiger partial charge in [-0.2, -0.15) is 0 Å². The zero-order valence-electron chi connectivity index (χ0n) is 23.2. The van der Waals surface area contributed by atoms with E-state index in [4.69, 9.17) is 4.74 Å². The van der Waals surface area contributed by atoms with Crippen molar-refractivity contribution in [2.24, 2.45) is 0 Å². The molecule has 0 N–H and O–H groups in total. The third kappa shape index (κ3) is 7.91. The predicted octanol–water partition coefficient (Wildman–Crippen LogP) is 9.53. The molecule has 2 aromatic rings. The quantitative estimate of drug-likeness (QED) is 0.425. The molecule has 0 spiro atoms. The molecule has 1 heteroatoms. The van der Waals surface area contributed by atoms with Gasteiger partial charge in [-0.15, -0.1) is 0 Å². The van der Waals surface area contributed by atoms with Crippen molar-refractivity contribution >= 4 is 12.2 Å². The third-order valence-electron chi connectivity index (χ3n) is 6.05. The van der Waals surface area contributed by atoms with Crippen molar-refractivity contribution in [2.75, 3.05) is 0 Å². The summed E-state index contributed by atoms with van der Waals surface area (Å²) >= 11 is 0. The van der Waals surface area contributed by atoms with E-state index in [1.54, 1.807) is 12.5 Å². The van der Waals surface area contributed by atoms with Crippen LogP contribution in [0.4, 0.5) is 0 Å². The molecule has 0 atom stereocenters. The highest BCUT2D eigenvalue weighted by Gasteiger charge is 2.21. The summed E-state index contributed by atoms with van der Waals surface area (Å²) in [6.45, 7) is 27.2. The SMILES string of the molecule is CC(C)(C)c1cc(C=COC=Cc2cc(C(C)(C)C)cc(C(C)(C)C)c2)cc(C(C)(C)C)c1. The summed E-state index contributed by atoms with van der Waals surface area (Å²) in [5.74, 6) is 0. The molecular formula is C32H46O. The van der Waals surface area contributed by atoms with Gasteiger partial charge in [0.2, 0.25) is 0 Å². The summed E-state index contributed by atoms with van der Waals surface area (Å²) < 4.78 is 5.78. The fourth-order valence-corrected chi connectivity index (χ4v) is 3.51. The summed E-state index contributed by atoms with van der Waals surface area (Å²) in [6, 6.07) is 13.7. The van der Waals surface area contributed by atoms with E-state index in [9.17, 15) is 0 Å². The summed E-state index contributed by atoms with van der Waals surface area (Å²) in [7, 11) is 0. The number of hydrogen-bond donors (Lipinski definition) is 0. The lowest BCUT2D eigenvalue weighted by Crippen LogP contribution is -2.16. The first kappa shape index (κ1) is 27.0. The van der Waals surface area contributed by atoms with Crippen LogP contribution in [-0.4, -0.2) is 0 Å². The van der Waals surface area contributed by atoms with Gasteiger partial charge < -0.3 is 4.74 Å². The first-order valence-electron chi connectivity index (χ1n) is 12.2. The fourth-order valence-electron chi connectivity index (χ4n) is 3.51. The van der Waals surface area contributed by atoms with Crippen LogP contribution >= 0.6 is 0 Å². The van der Waals surface area contributed by atoms with Gasteiger partial charge in [-0.3, -0.25) is 0 Å². The maximum absolute atomic E-state index is 5.78. The zero-order chi connectivity index (χ0) is 25.2. The van der Waals surface area contributed by atoms with E-state index in [2.05, 4.69) is 132 Å². The standard InChI is InChI=1S/C32H46O/c1-29(2,3)25-17-23(18-26(21-25)30(4,5)6)13-15-33-16-14-24-19-27(31(7,8)9)22-28(20-24)32(10,11)12/h13-22H,1-12H3. The van der Waals surface area contributed by atoms with Crippen LogP contribution in [0.25, 0.3) is 12.2 Å². The molecule has 0 aliphatic carbocycles. The normalized spacial score (nSPS) is 13.8. The Morgan fingerprint density at radius 2 is 0.667 bits per heavy atom. The van der Waals surface area contributed by atoms with Crippen molar-refractivity contribution in [3.8, 4) is 0 Å². The van der Waals surface area contributed by atoms with Crippen LogP contribution in [0.1, 0.15) is 116 Å². The Labute approximate surface area is 204 Å². The van der Waals surface area contributed by atoms with Crippen molar-refractivity contribution in [1.29, 1.82) is 0 Å². The van der Waals surface area contributed by atoms with Crippen LogP contribution in [0, 0.1) is 0 Å². The molecule has 0 saturated heterocycles. The number of benzene rings is 2. The van der Waals surface area contributed by atoms with Crippen LogP contribution in [0.5, 0.6) is 0 Å². The topological polar surface area (TPSA) is 9.23 Å². The lowest BCUT2D eigenvalue weighted by molar-refractivity contribution is 0.410. The lowest BCUT2D eigenvalue weighted by atomic mass is 9.79. The van der Waals surface area contributed by atoms with Gasteiger partial charge in [-0.1, -0.05) is 119 Å². The van der Waals surface area contributed by atoms with Gasteiger partial charge in [-0.05, 0) is 67.2 Å². The van der Waals surface area contributed by atoms with Gasteiger partial charge in [0.25, 0.3) is 0 Å². The van der Waals surface area contributed by atoms with E-state index in [0.717, 1.165) is 0 Å². The average Bonchev–Trinajstić information content (AvgIpc) is 2.64. The molecule has 1 nitrogen and oxygen atoms in total.